The molecule has 3 aliphatic rings. The number of aliphatic hydroxyl groups is 2. The second-order valence-corrected chi connectivity index (χ2v) is 11.9. The van der Waals surface area contributed by atoms with Crippen LogP contribution in [-0.4, -0.2) is 88.5 Å². The lowest BCUT2D eigenvalue weighted by Gasteiger charge is -2.38. The molecular weight excluding hydrogens is 505 g/mol. The Labute approximate surface area is 205 Å². The van der Waals surface area contributed by atoms with Crippen molar-refractivity contribution < 1.29 is 41.3 Å². The second-order valence-electron chi connectivity index (χ2n) is 10.2. The SMILES string of the molecule is CC1(NS(=O)(=O)c2cc(C3CCCC3O)c3cnc(C(=O)N4CCC(O)(C(F)(F)F)C4)n3c2)COC1. The maximum atomic E-state index is 13.3. The predicted molar refractivity (Wildman–Crippen MR) is 119 cm³/mol. The normalized spacial score (nSPS) is 28.6. The van der Waals surface area contributed by atoms with Crippen LogP contribution in [0.1, 0.15) is 54.7 Å². The highest BCUT2D eigenvalue weighted by molar-refractivity contribution is 7.89. The van der Waals surface area contributed by atoms with E-state index in [2.05, 4.69) is 9.71 Å². The largest absolute Gasteiger partial charge is 0.419 e. The molecule has 2 saturated heterocycles. The molecule has 0 radical (unpaired) electrons. The molecule has 0 spiro atoms. The highest BCUT2D eigenvalue weighted by Gasteiger charge is 2.58. The molecule has 36 heavy (non-hydrogen) atoms. The minimum Gasteiger partial charge on any atom is -0.392 e. The number of fused-ring (bicyclic) bond motifs is 1. The Hall–Kier alpha value is -2.26. The van der Waals surface area contributed by atoms with Gasteiger partial charge in [0.25, 0.3) is 5.91 Å². The Balaban J connectivity index is 1.57. The zero-order chi connectivity index (χ0) is 26.1. The summed E-state index contributed by atoms with van der Waals surface area (Å²) in [4.78, 5) is 18.0. The zero-order valence-electron chi connectivity index (χ0n) is 19.5. The van der Waals surface area contributed by atoms with Crippen LogP contribution in [0.3, 0.4) is 0 Å². The number of hydrogen-bond acceptors (Lipinski definition) is 7. The molecule has 0 aromatic carbocycles. The summed E-state index contributed by atoms with van der Waals surface area (Å²) < 4.78 is 75.3. The van der Waals surface area contributed by atoms with E-state index in [4.69, 9.17) is 4.74 Å². The van der Waals surface area contributed by atoms with Crippen molar-refractivity contribution >= 4 is 21.4 Å². The van der Waals surface area contributed by atoms with Gasteiger partial charge in [-0.1, -0.05) is 6.42 Å². The molecule has 3 atom stereocenters. The molecule has 1 amide bonds. The first kappa shape index (κ1) is 25.4. The monoisotopic (exact) mass is 532 g/mol. The number of carbonyl (C=O) groups excluding carboxylic acids is 1. The Morgan fingerprint density at radius 1 is 1.31 bits per heavy atom. The number of rotatable bonds is 5. The summed E-state index contributed by atoms with van der Waals surface area (Å²) in [7, 11) is -4.09. The number of amides is 1. The van der Waals surface area contributed by atoms with Crippen LogP contribution in [0.2, 0.25) is 0 Å². The van der Waals surface area contributed by atoms with E-state index in [9.17, 15) is 36.6 Å². The summed E-state index contributed by atoms with van der Waals surface area (Å²) in [6.07, 6.45) is -1.88. The maximum Gasteiger partial charge on any atom is 0.419 e. The number of sulfonamides is 1. The number of aromatic nitrogens is 2. The molecule has 2 aromatic heterocycles. The average Bonchev–Trinajstić information content (AvgIpc) is 3.49. The Morgan fingerprint density at radius 2 is 2.03 bits per heavy atom. The van der Waals surface area contributed by atoms with Crippen LogP contribution in [0, 0.1) is 0 Å². The van der Waals surface area contributed by atoms with Crippen molar-refractivity contribution in [3.63, 3.8) is 0 Å². The number of pyridine rings is 1. The third-order valence-electron chi connectivity index (χ3n) is 7.31. The lowest BCUT2D eigenvalue weighted by atomic mass is 9.95. The topological polar surface area (TPSA) is 133 Å². The number of likely N-dealkylation sites (tertiary alicyclic amines) is 1. The van der Waals surface area contributed by atoms with Gasteiger partial charge in [0.15, 0.2) is 5.60 Å². The summed E-state index contributed by atoms with van der Waals surface area (Å²) in [5.74, 6) is -1.54. The van der Waals surface area contributed by atoms with Crippen LogP contribution in [0.15, 0.2) is 23.4 Å². The van der Waals surface area contributed by atoms with E-state index < -0.39 is 58.2 Å². The first-order valence-electron chi connectivity index (χ1n) is 11.6. The van der Waals surface area contributed by atoms with Crippen molar-refractivity contribution in [2.75, 3.05) is 26.3 Å². The molecule has 10 nitrogen and oxygen atoms in total. The van der Waals surface area contributed by atoms with Gasteiger partial charge in [0.1, 0.15) is 0 Å². The van der Waals surface area contributed by atoms with Gasteiger partial charge in [0, 0.05) is 25.1 Å². The lowest BCUT2D eigenvalue weighted by molar-refractivity contribution is -0.253. The summed E-state index contributed by atoms with van der Waals surface area (Å²) >= 11 is 0. The number of ether oxygens (including phenoxy) is 1. The summed E-state index contributed by atoms with van der Waals surface area (Å²) in [6.45, 7) is 0.783. The molecule has 198 valence electrons. The molecule has 3 fully saturated rings. The molecule has 3 N–H and O–H groups in total. The summed E-state index contributed by atoms with van der Waals surface area (Å²) in [5, 5.41) is 20.5. The van der Waals surface area contributed by atoms with Crippen LogP contribution >= 0.6 is 0 Å². The molecule has 14 heteroatoms. The van der Waals surface area contributed by atoms with E-state index in [0.29, 0.717) is 23.9 Å². The van der Waals surface area contributed by atoms with Crippen molar-refractivity contribution in [3.8, 4) is 0 Å². The Bertz CT molecular complexity index is 1310. The minimum atomic E-state index is -4.91. The first-order valence-corrected chi connectivity index (χ1v) is 13.1. The van der Waals surface area contributed by atoms with Crippen molar-refractivity contribution in [2.24, 2.45) is 0 Å². The maximum absolute atomic E-state index is 13.3. The average molecular weight is 533 g/mol. The van der Waals surface area contributed by atoms with Crippen molar-refractivity contribution in [2.45, 2.75) is 66.8 Å². The molecule has 0 bridgehead atoms. The molecule has 2 aromatic rings. The Kier molecular flexibility index (Phi) is 5.91. The fourth-order valence-electron chi connectivity index (χ4n) is 5.19. The number of imidazole rings is 1. The number of β-amino-alcohol motifs (C(OH)–C–C–N with tert-alkyl or cyclic N) is 1. The number of aliphatic hydroxyl groups excluding tert-OH is 1. The molecule has 1 aliphatic carbocycles. The summed E-state index contributed by atoms with van der Waals surface area (Å²) in [6, 6.07) is 1.45. The van der Waals surface area contributed by atoms with E-state index >= 15 is 0 Å². The number of carbonyl (C=O) groups is 1. The predicted octanol–water partition coefficient (Wildman–Crippen LogP) is 1.17. The molecule has 3 unspecified atom stereocenters. The van der Waals surface area contributed by atoms with Gasteiger partial charge >= 0.3 is 6.18 Å². The van der Waals surface area contributed by atoms with Crippen molar-refractivity contribution in [3.05, 3.63) is 29.8 Å². The number of nitrogens with one attached hydrogen (secondary N) is 1. The van der Waals surface area contributed by atoms with Gasteiger partial charge in [-0.25, -0.2) is 18.1 Å². The van der Waals surface area contributed by atoms with Gasteiger partial charge in [-0.15, -0.1) is 0 Å². The number of halogens is 3. The van der Waals surface area contributed by atoms with Gasteiger partial charge in [0.05, 0.1) is 48.0 Å². The molecular formula is C22H27F3N4O6S. The second kappa shape index (κ2) is 8.38. The smallest absolute Gasteiger partial charge is 0.392 e. The van der Waals surface area contributed by atoms with E-state index in [-0.39, 0.29) is 30.5 Å². The highest BCUT2D eigenvalue weighted by atomic mass is 32.2. The van der Waals surface area contributed by atoms with Gasteiger partial charge in [-0.05, 0) is 31.4 Å². The molecule has 5 rings (SSSR count). The van der Waals surface area contributed by atoms with Gasteiger partial charge in [0.2, 0.25) is 15.8 Å². The van der Waals surface area contributed by atoms with E-state index in [1.54, 1.807) is 6.92 Å². The fraction of sp³-hybridized carbons (Fsp3) is 0.636. The Morgan fingerprint density at radius 3 is 2.58 bits per heavy atom. The minimum absolute atomic E-state index is 0.169. The number of hydrogen-bond donors (Lipinski definition) is 3. The van der Waals surface area contributed by atoms with Crippen LogP contribution in [0.5, 0.6) is 0 Å². The van der Waals surface area contributed by atoms with Crippen molar-refractivity contribution in [1.29, 1.82) is 0 Å². The van der Waals surface area contributed by atoms with E-state index in [1.165, 1.54) is 22.9 Å². The quantitative estimate of drug-likeness (QED) is 0.527. The number of nitrogens with zero attached hydrogens (tertiary/aromatic N) is 3. The third-order valence-corrected chi connectivity index (χ3v) is 8.92. The summed E-state index contributed by atoms with van der Waals surface area (Å²) in [5.41, 5.74) is -2.95. The van der Waals surface area contributed by atoms with Crippen LogP contribution in [0.25, 0.3) is 5.52 Å². The molecule has 1 saturated carbocycles. The van der Waals surface area contributed by atoms with Gasteiger partial charge in [-0.3, -0.25) is 9.20 Å². The van der Waals surface area contributed by atoms with Crippen LogP contribution in [0.4, 0.5) is 13.2 Å². The molecule has 4 heterocycles. The van der Waals surface area contributed by atoms with Crippen LogP contribution in [-0.2, 0) is 14.8 Å². The van der Waals surface area contributed by atoms with E-state index in [1.807, 2.05) is 0 Å². The van der Waals surface area contributed by atoms with Gasteiger partial charge < -0.3 is 19.8 Å². The van der Waals surface area contributed by atoms with Crippen LogP contribution < -0.4 is 4.72 Å². The van der Waals surface area contributed by atoms with Gasteiger partial charge in [-0.2, -0.15) is 13.2 Å². The standard InChI is InChI=1S/C22H27F3N4O6S/c1-20(11-35-12-20)27-36(33,34)13-7-15(14-3-2-4-17(14)30)16-8-26-18(29(16)9-13)19(31)28-6-5-21(32,10-28)22(23,24)25/h7-9,14,17,27,30,32H,2-6,10-12H2,1H3. The number of alkyl halides is 3. The molecule has 2 aliphatic heterocycles. The zero-order valence-corrected chi connectivity index (χ0v) is 20.3. The highest BCUT2D eigenvalue weighted by Crippen LogP contribution is 2.40. The van der Waals surface area contributed by atoms with Crippen molar-refractivity contribution in [1.82, 2.24) is 19.0 Å². The first-order chi connectivity index (χ1) is 16.7. The van der Waals surface area contributed by atoms with E-state index in [0.717, 1.165) is 11.3 Å². The fourth-order valence-corrected chi connectivity index (χ4v) is 6.60. The lowest BCUT2D eigenvalue weighted by Crippen LogP contribution is -2.59. The third kappa shape index (κ3) is 4.18.